The Bertz CT molecular complexity index is 5560. The average Bonchev–Trinajstić information content (AvgIpc) is 0.911. The monoisotopic (exact) mass is 1220 g/mol. The van der Waals surface area contributed by atoms with Crippen LogP contribution in [0.2, 0.25) is 0 Å². The number of benzene rings is 13. The maximum absolute atomic E-state index is 7.82. The van der Waals surface area contributed by atoms with Crippen molar-refractivity contribution in [2.45, 2.75) is 52.4 Å². The summed E-state index contributed by atoms with van der Waals surface area (Å²) in [4.78, 5) is 7.68. The molecule has 0 amide bonds. The maximum atomic E-state index is 7.82. The fraction of sp³-hybridized carbons (Fsp3) is 0.0930. The Balaban J connectivity index is 0.967. The van der Waals surface area contributed by atoms with Gasteiger partial charge in [0.25, 0.3) is 13.4 Å². The molecule has 4 aliphatic rings. The van der Waals surface area contributed by atoms with Crippen LogP contribution in [0.15, 0.2) is 277 Å². The van der Waals surface area contributed by atoms with Crippen LogP contribution in [-0.4, -0.2) is 13.4 Å². The molecule has 0 radical (unpaired) electrons. The van der Waals surface area contributed by atoms with E-state index in [0.717, 1.165) is 112 Å². The Morgan fingerprint density at radius 1 is 0.330 bits per heavy atom. The molecule has 446 valence electrons. The van der Waals surface area contributed by atoms with Gasteiger partial charge in [-0.2, -0.15) is 0 Å². The molecule has 15 aromatic rings. The zero-order valence-corrected chi connectivity index (χ0v) is 54.0. The number of para-hydroxylation sites is 5. The number of thiophene rings is 1. The second kappa shape index (κ2) is 20.4. The lowest BCUT2D eigenvalue weighted by Gasteiger charge is -2.46. The van der Waals surface area contributed by atoms with Gasteiger partial charge in [-0.3, -0.25) is 0 Å². The summed E-state index contributed by atoms with van der Waals surface area (Å²) in [5.74, 6) is 1.72. The van der Waals surface area contributed by atoms with Gasteiger partial charge in [-0.1, -0.05) is 242 Å². The van der Waals surface area contributed by atoms with Gasteiger partial charge in [0.05, 0.1) is 22.4 Å². The van der Waals surface area contributed by atoms with Gasteiger partial charge in [0, 0.05) is 82.9 Å². The summed E-state index contributed by atoms with van der Waals surface area (Å²) in [6.45, 7) is 13.3. The van der Waals surface area contributed by atoms with E-state index in [-0.39, 0.29) is 24.3 Å². The fourth-order valence-corrected chi connectivity index (χ4v) is 17.2. The molecule has 0 spiro atoms. The number of anilines is 9. The lowest BCUT2D eigenvalue weighted by molar-refractivity contribution is 0.488. The third kappa shape index (κ3) is 8.15. The van der Waals surface area contributed by atoms with Crippen LogP contribution in [0, 0.1) is 0 Å². The zero-order valence-electron chi connectivity index (χ0n) is 53.2. The summed E-state index contributed by atoms with van der Waals surface area (Å²) >= 11 is 1.84. The second-order valence-electron chi connectivity index (χ2n) is 27.9. The Morgan fingerprint density at radius 2 is 0.872 bits per heavy atom. The number of ether oxygens (including phenoxy) is 1. The van der Waals surface area contributed by atoms with Gasteiger partial charge in [0.1, 0.15) is 22.7 Å². The molecule has 0 aliphatic carbocycles. The first kappa shape index (κ1) is 54.9. The van der Waals surface area contributed by atoms with E-state index in [0.29, 0.717) is 0 Å². The first-order valence-corrected chi connectivity index (χ1v) is 33.7. The minimum absolute atomic E-state index is 0.0391. The van der Waals surface area contributed by atoms with Crippen LogP contribution in [0.25, 0.3) is 75.5 Å². The van der Waals surface area contributed by atoms with Gasteiger partial charge >= 0.3 is 0 Å². The maximum Gasteiger partial charge on any atom is 0.256 e. The predicted octanol–water partition coefficient (Wildman–Crippen LogP) is 20.0. The minimum Gasteiger partial charge on any atom is -0.458 e. The number of hydrogen-bond acceptors (Lipinski definition) is 6. The molecule has 8 heteroatoms. The molecule has 5 nitrogen and oxygen atoms in total. The SMILES string of the molecule is CC(C)(C)c1ccc(-c2cccc(-c3ccc(C(C)(C)C)cc3)c2N2c3cc4c(cc3B3c5ccccc5N(c5ccccc5)c5c3c2cc2oc3ccc(-c6ccccc6)cc3c52)B2c3ccccc3N(c3ccccc3)c3c2c(cc2sc5ccccc5c32)O4)cc1. The molecule has 0 atom stereocenters. The highest BCUT2D eigenvalue weighted by Crippen LogP contribution is 2.55. The van der Waals surface area contributed by atoms with Crippen LogP contribution in [0.4, 0.5) is 51.2 Å². The second-order valence-corrected chi connectivity index (χ2v) is 29.0. The van der Waals surface area contributed by atoms with Gasteiger partial charge < -0.3 is 23.9 Å². The molecule has 94 heavy (non-hydrogen) atoms. The molecule has 0 bridgehead atoms. The lowest BCUT2D eigenvalue weighted by Crippen LogP contribution is -2.64. The van der Waals surface area contributed by atoms with Crippen LogP contribution in [0.3, 0.4) is 0 Å². The number of rotatable bonds is 6. The van der Waals surface area contributed by atoms with Crippen LogP contribution in [0.5, 0.6) is 11.5 Å². The third-order valence-electron chi connectivity index (χ3n) is 20.4. The molecule has 13 aromatic carbocycles. The number of furan rings is 1. The molecule has 19 rings (SSSR count). The van der Waals surface area contributed by atoms with Crippen LogP contribution in [0.1, 0.15) is 52.7 Å². The van der Waals surface area contributed by atoms with E-state index in [4.69, 9.17) is 9.15 Å². The Morgan fingerprint density at radius 3 is 1.49 bits per heavy atom. The van der Waals surface area contributed by atoms with Crippen molar-refractivity contribution in [1.29, 1.82) is 0 Å². The molecule has 0 unspecified atom stereocenters. The Labute approximate surface area is 552 Å². The first-order chi connectivity index (χ1) is 45.9. The Kier molecular flexibility index (Phi) is 11.9. The van der Waals surface area contributed by atoms with Crippen molar-refractivity contribution in [3.8, 4) is 44.9 Å². The van der Waals surface area contributed by atoms with Crippen molar-refractivity contribution >= 4 is 151 Å². The van der Waals surface area contributed by atoms with Crippen molar-refractivity contribution < 1.29 is 9.15 Å². The van der Waals surface area contributed by atoms with Gasteiger partial charge in [-0.05, 0) is 138 Å². The summed E-state index contributed by atoms with van der Waals surface area (Å²) in [5.41, 5.74) is 28.1. The molecule has 6 heterocycles. The standard InChI is InChI=1S/C86H63B2N3O2S/c1-85(2,3)56-42-37-53(38-43-56)60-30-22-31-61(54-39-44-57(45-40-54)86(4,5)6)82(60)91-70-49-73-67(88-65-33-18-20-35-69(65)90(59-27-14-9-15-28-59)84-79-62-29-16-21-36-76(62)94-77(79)51-75(93-73)81(84)88)48-66(70)87-64-32-17-19-34-68(64)89(58-25-12-8-13-26-58)83-78-63-47-55(52-23-10-7-11-24-52)41-46-72(63)92-74(78)50-71(91)80(83)87/h7-51H,1-6H3. The van der Waals surface area contributed by atoms with Gasteiger partial charge in [0.2, 0.25) is 0 Å². The number of nitrogens with zero attached hydrogens (tertiary/aromatic N) is 3. The van der Waals surface area contributed by atoms with E-state index < -0.39 is 0 Å². The average molecular weight is 1220 g/mol. The topological polar surface area (TPSA) is 32.1 Å². The number of hydrogen-bond donors (Lipinski definition) is 0. The van der Waals surface area contributed by atoms with Gasteiger partial charge in [-0.25, -0.2) is 0 Å². The van der Waals surface area contributed by atoms with Crippen molar-refractivity contribution in [1.82, 2.24) is 0 Å². The van der Waals surface area contributed by atoms with Crippen molar-refractivity contribution in [2.24, 2.45) is 0 Å². The Hall–Kier alpha value is -10.8. The van der Waals surface area contributed by atoms with Crippen molar-refractivity contribution in [3.05, 3.63) is 284 Å². The van der Waals surface area contributed by atoms with Crippen LogP contribution in [-0.2, 0) is 10.8 Å². The summed E-state index contributed by atoms with van der Waals surface area (Å²) < 4.78 is 17.7. The highest BCUT2D eigenvalue weighted by atomic mass is 32.1. The number of fused-ring (bicyclic) bond motifs is 16. The molecule has 0 saturated carbocycles. The first-order valence-electron chi connectivity index (χ1n) is 32.9. The van der Waals surface area contributed by atoms with Crippen molar-refractivity contribution in [2.75, 3.05) is 14.7 Å². The van der Waals surface area contributed by atoms with Crippen LogP contribution >= 0.6 is 11.3 Å². The molecule has 4 aliphatic heterocycles. The zero-order chi connectivity index (χ0) is 62.9. The molecular weight excluding hydrogens is 1160 g/mol. The van der Waals surface area contributed by atoms with E-state index in [1.54, 1.807) is 0 Å². The summed E-state index contributed by atoms with van der Waals surface area (Å²) in [6, 6.07) is 102. The molecule has 0 N–H and O–H groups in total. The van der Waals surface area contributed by atoms with Gasteiger partial charge in [0.15, 0.2) is 0 Å². The normalized spacial score (nSPS) is 13.6. The fourth-order valence-electron chi connectivity index (χ4n) is 16.0. The quantitative estimate of drug-likeness (QED) is 0.155. The smallest absolute Gasteiger partial charge is 0.256 e. The highest BCUT2D eigenvalue weighted by Gasteiger charge is 2.49. The van der Waals surface area contributed by atoms with Gasteiger partial charge in [-0.15, -0.1) is 11.3 Å². The van der Waals surface area contributed by atoms with E-state index >= 15 is 0 Å². The largest absolute Gasteiger partial charge is 0.458 e. The summed E-state index contributed by atoms with van der Waals surface area (Å²) in [6.07, 6.45) is 0. The van der Waals surface area contributed by atoms with E-state index in [1.165, 1.54) is 70.0 Å². The third-order valence-corrected chi connectivity index (χ3v) is 21.5. The molecule has 0 fully saturated rings. The van der Waals surface area contributed by atoms with Crippen molar-refractivity contribution in [3.63, 3.8) is 0 Å². The van der Waals surface area contributed by atoms with E-state index in [1.807, 2.05) is 11.3 Å². The lowest BCUT2D eigenvalue weighted by atomic mass is 9.30. The molecule has 2 aromatic heterocycles. The van der Waals surface area contributed by atoms with E-state index in [9.17, 15) is 0 Å². The summed E-state index contributed by atoms with van der Waals surface area (Å²) in [7, 11) is 0. The molecular formula is C86H63B2N3O2S. The summed E-state index contributed by atoms with van der Waals surface area (Å²) in [5, 5.41) is 4.65. The highest BCUT2D eigenvalue weighted by molar-refractivity contribution is 7.26. The molecule has 0 saturated heterocycles. The predicted molar refractivity (Wildman–Crippen MR) is 400 cm³/mol. The minimum atomic E-state index is -0.249. The van der Waals surface area contributed by atoms with E-state index in [2.05, 4.69) is 329 Å². The van der Waals surface area contributed by atoms with Crippen LogP contribution < -0.4 is 52.2 Å².